The first-order valence-electron chi connectivity index (χ1n) is 6.74. The van der Waals surface area contributed by atoms with Gasteiger partial charge in [0, 0.05) is 47.3 Å². The molecule has 0 amide bonds. The molecule has 1 atom stereocenters. The Morgan fingerprint density at radius 1 is 1.50 bits per heavy atom. The molecule has 0 aromatic rings. The van der Waals surface area contributed by atoms with Gasteiger partial charge >= 0.3 is 0 Å². The second-order valence-corrected chi connectivity index (χ2v) is 5.47. The molecule has 106 valence electrons. The van der Waals surface area contributed by atoms with Crippen molar-refractivity contribution in [3.05, 3.63) is 0 Å². The standard InChI is InChI=1S/C13H28N4O/c1-11(2)9-17-6-7-18-12(10-17)8-15-13(14-3)16(4)5/h11-12H,6-10H2,1-5H3,(H,14,15). The molecule has 0 aromatic heterocycles. The van der Waals surface area contributed by atoms with E-state index in [0.29, 0.717) is 5.92 Å². The van der Waals surface area contributed by atoms with Gasteiger partial charge in [0.15, 0.2) is 5.96 Å². The average Bonchev–Trinajstić information content (AvgIpc) is 2.29. The zero-order valence-corrected chi connectivity index (χ0v) is 12.4. The van der Waals surface area contributed by atoms with Crippen LogP contribution in [0.1, 0.15) is 13.8 Å². The van der Waals surface area contributed by atoms with Crippen LogP contribution in [0.4, 0.5) is 0 Å². The van der Waals surface area contributed by atoms with E-state index in [4.69, 9.17) is 4.74 Å². The summed E-state index contributed by atoms with van der Waals surface area (Å²) < 4.78 is 5.79. The Balaban J connectivity index is 2.34. The van der Waals surface area contributed by atoms with E-state index < -0.39 is 0 Å². The molecule has 1 N–H and O–H groups in total. The molecule has 1 fully saturated rings. The number of ether oxygens (including phenoxy) is 1. The lowest BCUT2D eigenvalue weighted by Crippen LogP contribution is -2.49. The molecule has 0 bridgehead atoms. The predicted molar refractivity (Wildman–Crippen MR) is 76.1 cm³/mol. The normalized spacial score (nSPS) is 22.3. The summed E-state index contributed by atoms with van der Waals surface area (Å²) >= 11 is 0. The highest BCUT2D eigenvalue weighted by molar-refractivity contribution is 5.79. The van der Waals surface area contributed by atoms with Crippen LogP contribution >= 0.6 is 0 Å². The summed E-state index contributed by atoms with van der Waals surface area (Å²) in [6.45, 7) is 9.39. The van der Waals surface area contributed by atoms with Gasteiger partial charge in [-0.1, -0.05) is 13.8 Å². The number of guanidine groups is 1. The smallest absolute Gasteiger partial charge is 0.193 e. The first-order valence-corrected chi connectivity index (χ1v) is 6.74. The van der Waals surface area contributed by atoms with Crippen LogP contribution in [0.15, 0.2) is 4.99 Å². The molecule has 0 aliphatic carbocycles. The lowest BCUT2D eigenvalue weighted by molar-refractivity contribution is -0.0285. The van der Waals surface area contributed by atoms with Crippen LogP contribution in [0, 0.1) is 5.92 Å². The predicted octanol–water partition coefficient (Wildman–Crippen LogP) is 0.480. The van der Waals surface area contributed by atoms with Crippen molar-refractivity contribution < 1.29 is 4.74 Å². The summed E-state index contributed by atoms with van der Waals surface area (Å²) in [5.74, 6) is 1.62. The molecular formula is C13H28N4O. The minimum Gasteiger partial charge on any atom is -0.374 e. The van der Waals surface area contributed by atoms with Crippen molar-refractivity contribution in [2.75, 3.05) is 53.9 Å². The van der Waals surface area contributed by atoms with Crippen molar-refractivity contribution >= 4 is 5.96 Å². The lowest BCUT2D eigenvalue weighted by atomic mass is 10.2. The number of rotatable bonds is 4. The Hall–Kier alpha value is -0.810. The monoisotopic (exact) mass is 256 g/mol. The van der Waals surface area contributed by atoms with Gasteiger partial charge in [-0.05, 0) is 5.92 Å². The van der Waals surface area contributed by atoms with Crippen LogP contribution < -0.4 is 5.32 Å². The van der Waals surface area contributed by atoms with E-state index >= 15 is 0 Å². The van der Waals surface area contributed by atoms with E-state index in [2.05, 4.69) is 29.1 Å². The van der Waals surface area contributed by atoms with Crippen LogP contribution in [-0.4, -0.2) is 75.8 Å². The molecule has 0 saturated carbocycles. The van der Waals surface area contributed by atoms with Crippen molar-refractivity contribution in [3.8, 4) is 0 Å². The molecule has 1 saturated heterocycles. The van der Waals surface area contributed by atoms with Gasteiger partial charge in [0.2, 0.25) is 0 Å². The second-order valence-electron chi connectivity index (χ2n) is 5.47. The highest BCUT2D eigenvalue weighted by Gasteiger charge is 2.21. The van der Waals surface area contributed by atoms with E-state index in [-0.39, 0.29) is 6.10 Å². The van der Waals surface area contributed by atoms with E-state index in [1.165, 1.54) is 0 Å². The van der Waals surface area contributed by atoms with Crippen molar-refractivity contribution in [1.29, 1.82) is 0 Å². The van der Waals surface area contributed by atoms with Crippen LogP contribution in [0.3, 0.4) is 0 Å². The third-order valence-corrected chi connectivity index (χ3v) is 2.97. The van der Waals surface area contributed by atoms with E-state index in [1.54, 1.807) is 7.05 Å². The molecule has 0 spiro atoms. The van der Waals surface area contributed by atoms with Crippen LogP contribution in [0.2, 0.25) is 0 Å². The van der Waals surface area contributed by atoms with Gasteiger partial charge in [0.1, 0.15) is 0 Å². The summed E-state index contributed by atoms with van der Waals surface area (Å²) in [6.07, 6.45) is 0.259. The number of hydrogen-bond acceptors (Lipinski definition) is 3. The summed E-state index contributed by atoms with van der Waals surface area (Å²) in [6, 6.07) is 0. The SMILES string of the molecule is CN=C(NCC1CN(CC(C)C)CCO1)N(C)C. The van der Waals surface area contributed by atoms with Crippen molar-refractivity contribution in [2.24, 2.45) is 10.9 Å². The lowest BCUT2D eigenvalue weighted by Gasteiger charge is -2.34. The fourth-order valence-corrected chi connectivity index (χ4v) is 2.23. The van der Waals surface area contributed by atoms with Gasteiger partial charge in [-0.2, -0.15) is 0 Å². The summed E-state index contributed by atoms with van der Waals surface area (Å²) in [5, 5.41) is 3.34. The van der Waals surface area contributed by atoms with Crippen LogP contribution in [0.5, 0.6) is 0 Å². The molecule has 1 aliphatic rings. The molecule has 1 aliphatic heterocycles. The molecule has 1 unspecified atom stereocenters. The van der Waals surface area contributed by atoms with E-state index in [1.807, 2.05) is 19.0 Å². The fraction of sp³-hybridized carbons (Fsp3) is 0.923. The Labute approximate surface area is 111 Å². The molecule has 5 nitrogen and oxygen atoms in total. The molecule has 1 heterocycles. The third kappa shape index (κ3) is 5.23. The number of aliphatic imine (C=N–C) groups is 1. The molecule has 0 aromatic carbocycles. The highest BCUT2D eigenvalue weighted by atomic mass is 16.5. The Bertz CT molecular complexity index is 266. The average molecular weight is 256 g/mol. The summed E-state index contributed by atoms with van der Waals surface area (Å²) in [5.41, 5.74) is 0. The summed E-state index contributed by atoms with van der Waals surface area (Å²) in [4.78, 5) is 8.67. The van der Waals surface area contributed by atoms with E-state index in [9.17, 15) is 0 Å². The molecule has 1 rings (SSSR count). The minimum atomic E-state index is 0.259. The maximum atomic E-state index is 5.79. The first-order chi connectivity index (χ1) is 8.52. The maximum Gasteiger partial charge on any atom is 0.193 e. The Morgan fingerprint density at radius 2 is 2.22 bits per heavy atom. The van der Waals surface area contributed by atoms with Gasteiger partial charge in [0.25, 0.3) is 0 Å². The zero-order chi connectivity index (χ0) is 13.5. The number of morpholine rings is 1. The minimum absolute atomic E-state index is 0.259. The van der Waals surface area contributed by atoms with Gasteiger partial charge in [-0.25, -0.2) is 0 Å². The van der Waals surface area contributed by atoms with E-state index in [0.717, 1.165) is 38.7 Å². The van der Waals surface area contributed by atoms with Gasteiger partial charge in [0.05, 0.1) is 12.7 Å². The van der Waals surface area contributed by atoms with Crippen molar-refractivity contribution in [2.45, 2.75) is 20.0 Å². The Kier molecular flexibility index (Phi) is 6.43. The molecular weight excluding hydrogens is 228 g/mol. The fourth-order valence-electron chi connectivity index (χ4n) is 2.23. The van der Waals surface area contributed by atoms with Crippen molar-refractivity contribution in [3.63, 3.8) is 0 Å². The molecule has 18 heavy (non-hydrogen) atoms. The second kappa shape index (κ2) is 7.59. The number of nitrogens with one attached hydrogen (secondary N) is 1. The molecule has 0 radical (unpaired) electrons. The van der Waals surface area contributed by atoms with Crippen molar-refractivity contribution in [1.82, 2.24) is 15.1 Å². The van der Waals surface area contributed by atoms with Gasteiger partial charge in [-0.3, -0.25) is 9.89 Å². The van der Waals surface area contributed by atoms with Crippen LogP contribution in [-0.2, 0) is 4.74 Å². The topological polar surface area (TPSA) is 40.1 Å². The van der Waals surface area contributed by atoms with Gasteiger partial charge < -0.3 is 15.0 Å². The largest absolute Gasteiger partial charge is 0.374 e. The Morgan fingerprint density at radius 3 is 2.78 bits per heavy atom. The highest BCUT2D eigenvalue weighted by Crippen LogP contribution is 2.07. The number of nitrogens with zero attached hydrogens (tertiary/aromatic N) is 3. The maximum absolute atomic E-state index is 5.79. The van der Waals surface area contributed by atoms with Crippen LogP contribution in [0.25, 0.3) is 0 Å². The molecule has 5 heteroatoms. The first kappa shape index (κ1) is 15.2. The third-order valence-electron chi connectivity index (χ3n) is 2.97. The quantitative estimate of drug-likeness (QED) is 0.587. The number of hydrogen-bond donors (Lipinski definition) is 1. The summed E-state index contributed by atoms with van der Waals surface area (Å²) in [7, 11) is 5.78. The van der Waals surface area contributed by atoms with Gasteiger partial charge in [-0.15, -0.1) is 0 Å². The zero-order valence-electron chi connectivity index (χ0n) is 12.4.